The van der Waals surface area contributed by atoms with Gasteiger partial charge in [0.1, 0.15) is 28.5 Å². The van der Waals surface area contributed by atoms with Crippen molar-refractivity contribution in [2.24, 2.45) is 0 Å². The summed E-state index contributed by atoms with van der Waals surface area (Å²) in [5, 5.41) is 1.73. The van der Waals surface area contributed by atoms with E-state index in [9.17, 15) is 9.59 Å². The van der Waals surface area contributed by atoms with E-state index in [-0.39, 0.29) is 17.6 Å². The zero-order valence-corrected chi connectivity index (χ0v) is 15.6. The first-order valence-electron chi connectivity index (χ1n) is 9.51. The molecule has 1 amide bonds. The third kappa shape index (κ3) is 3.23. The number of amides is 1. The number of nitrogens with zero attached hydrogens (tertiary/aromatic N) is 2. The summed E-state index contributed by atoms with van der Waals surface area (Å²) in [6.45, 7) is 0.933. The number of fused-ring (bicyclic) bond motifs is 2. The van der Waals surface area contributed by atoms with E-state index in [1.54, 1.807) is 29.3 Å². The highest BCUT2D eigenvalue weighted by molar-refractivity contribution is 5.96. The maximum atomic E-state index is 12.9. The molecule has 0 bridgehead atoms. The summed E-state index contributed by atoms with van der Waals surface area (Å²) in [6.07, 6.45) is 2.27. The molecule has 1 aliphatic rings. The number of para-hydroxylation sites is 2. The molecule has 29 heavy (non-hydrogen) atoms. The van der Waals surface area contributed by atoms with Gasteiger partial charge in [0, 0.05) is 29.9 Å². The number of aromatic nitrogens is 1. The van der Waals surface area contributed by atoms with Gasteiger partial charge in [-0.1, -0.05) is 36.4 Å². The molecule has 144 valence electrons. The van der Waals surface area contributed by atoms with Crippen molar-refractivity contribution in [3.8, 4) is 5.75 Å². The SMILES string of the molecule is O=C(c1cc2ccccc2oc1=O)N1CC[C@@H](Oc2cccc3cccnc23)C1. The van der Waals surface area contributed by atoms with Crippen LogP contribution < -0.4 is 10.4 Å². The molecule has 6 heteroatoms. The number of likely N-dealkylation sites (tertiary alicyclic amines) is 1. The first-order valence-corrected chi connectivity index (χ1v) is 9.51. The van der Waals surface area contributed by atoms with Crippen LogP contribution in [0.3, 0.4) is 0 Å². The van der Waals surface area contributed by atoms with Crippen molar-refractivity contribution in [3.63, 3.8) is 0 Å². The van der Waals surface area contributed by atoms with Crippen molar-refractivity contribution < 1.29 is 13.9 Å². The van der Waals surface area contributed by atoms with Gasteiger partial charge in [-0.3, -0.25) is 9.78 Å². The van der Waals surface area contributed by atoms with Gasteiger partial charge >= 0.3 is 5.63 Å². The summed E-state index contributed by atoms with van der Waals surface area (Å²) in [4.78, 5) is 31.3. The molecule has 2 aromatic heterocycles. The lowest BCUT2D eigenvalue weighted by atomic mass is 10.1. The monoisotopic (exact) mass is 386 g/mol. The van der Waals surface area contributed by atoms with Gasteiger partial charge in [0.15, 0.2) is 0 Å². The molecule has 0 unspecified atom stereocenters. The molecule has 1 aliphatic heterocycles. The Bertz CT molecular complexity index is 1280. The summed E-state index contributed by atoms with van der Waals surface area (Å²) in [7, 11) is 0. The molecule has 0 radical (unpaired) electrons. The first-order chi connectivity index (χ1) is 14.2. The fourth-order valence-electron chi connectivity index (χ4n) is 3.74. The van der Waals surface area contributed by atoms with Crippen molar-refractivity contribution in [1.82, 2.24) is 9.88 Å². The zero-order chi connectivity index (χ0) is 19.8. The highest BCUT2D eigenvalue weighted by Crippen LogP contribution is 2.26. The van der Waals surface area contributed by atoms with Crippen LogP contribution in [0.2, 0.25) is 0 Å². The second-order valence-electron chi connectivity index (χ2n) is 7.10. The second kappa shape index (κ2) is 7.05. The van der Waals surface area contributed by atoms with Crippen LogP contribution in [0.5, 0.6) is 5.75 Å². The molecule has 0 aliphatic carbocycles. The molecule has 0 N–H and O–H groups in total. The minimum Gasteiger partial charge on any atom is -0.486 e. The van der Waals surface area contributed by atoms with E-state index in [1.807, 2.05) is 42.5 Å². The van der Waals surface area contributed by atoms with Crippen LogP contribution >= 0.6 is 0 Å². The number of carbonyl (C=O) groups is 1. The van der Waals surface area contributed by atoms with E-state index in [1.165, 1.54) is 0 Å². The minimum absolute atomic E-state index is 0.0520. The van der Waals surface area contributed by atoms with Crippen LogP contribution in [-0.4, -0.2) is 35.0 Å². The third-order valence-corrected chi connectivity index (χ3v) is 5.19. The summed E-state index contributed by atoms with van der Waals surface area (Å²) in [6, 6.07) is 18.4. The van der Waals surface area contributed by atoms with E-state index in [0.29, 0.717) is 30.8 Å². The Hall–Kier alpha value is -3.67. The third-order valence-electron chi connectivity index (χ3n) is 5.19. The lowest BCUT2D eigenvalue weighted by molar-refractivity contribution is 0.0768. The van der Waals surface area contributed by atoms with Crippen LogP contribution in [-0.2, 0) is 0 Å². The Labute approximate surface area is 166 Å². The highest BCUT2D eigenvalue weighted by atomic mass is 16.5. The molecule has 2 aromatic carbocycles. The number of pyridine rings is 1. The Morgan fingerprint density at radius 2 is 1.90 bits per heavy atom. The number of hydrogen-bond donors (Lipinski definition) is 0. The normalized spacial score (nSPS) is 16.4. The number of benzene rings is 2. The van der Waals surface area contributed by atoms with E-state index < -0.39 is 5.63 Å². The number of carbonyl (C=O) groups excluding carboxylic acids is 1. The van der Waals surface area contributed by atoms with Crippen molar-refractivity contribution in [2.45, 2.75) is 12.5 Å². The standard InChI is InChI=1S/C23H18N2O4/c26-22(18-13-16-5-1-2-8-19(16)29-23(18)27)25-12-10-17(14-25)28-20-9-3-6-15-7-4-11-24-21(15)20/h1-9,11,13,17H,10,12,14H2/t17-/m1/s1. The summed E-state index contributed by atoms with van der Waals surface area (Å²) in [5.74, 6) is 0.374. The lowest BCUT2D eigenvalue weighted by Crippen LogP contribution is -2.33. The zero-order valence-electron chi connectivity index (χ0n) is 15.6. The Morgan fingerprint density at radius 1 is 1.07 bits per heavy atom. The quantitative estimate of drug-likeness (QED) is 0.503. The van der Waals surface area contributed by atoms with Crippen molar-refractivity contribution in [3.05, 3.63) is 82.8 Å². The average Bonchev–Trinajstić information content (AvgIpc) is 3.21. The molecule has 4 aromatic rings. The molecular formula is C23H18N2O4. The van der Waals surface area contributed by atoms with Gasteiger partial charge in [0.05, 0.1) is 6.54 Å². The minimum atomic E-state index is -0.615. The fourth-order valence-corrected chi connectivity index (χ4v) is 3.74. The van der Waals surface area contributed by atoms with Crippen LogP contribution in [0.1, 0.15) is 16.8 Å². The predicted molar refractivity (Wildman–Crippen MR) is 109 cm³/mol. The van der Waals surface area contributed by atoms with Crippen molar-refractivity contribution >= 4 is 27.8 Å². The summed E-state index contributed by atoms with van der Waals surface area (Å²) >= 11 is 0. The molecular weight excluding hydrogens is 368 g/mol. The van der Waals surface area contributed by atoms with Crippen LogP contribution in [0, 0.1) is 0 Å². The highest BCUT2D eigenvalue weighted by Gasteiger charge is 2.30. The number of ether oxygens (including phenoxy) is 1. The van der Waals surface area contributed by atoms with Gasteiger partial charge in [0.2, 0.25) is 0 Å². The Kier molecular flexibility index (Phi) is 4.24. The smallest absolute Gasteiger partial charge is 0.349 e. The Balaban J connectivity index is 1.36. The van der Waals surface area contributed by atoms with Crippen molar-refractivity contribution in [1.29, 1.82) is 0 Å². The molecule has 1 atom stereocenters. The van der Waals surface area contributed by atoms with Gasteiger partial charge in [-0.25, -0.2) is 4.79 Å². The van der Waals surface area contributed by atoms with E-state index in [0.717, 1.165) is 16.3 Å². The van der Waals surface area contributed by atoms with Gasteiger partial charge in [-0.15, -0.1) is 0 Å². The molecule has 3 heterocycles. The average molecular weight is 386 g/mol. The predicted octanol–water partition coefficient (Wildman–Crippen LogP) is 3.63. The summed E-state index contributed by atoms with van der Waals surface area (Å²) in [5.41, 5.74) is 0.711. The first kappa shape index (κ1) is 17.4. The van der Waals surface area contributed by atoms with Gasteiger partial charge in [0.25, 0.3) is 5.91 Å². The molecule has 0 saturated carbocycles. The van der Waals surface area contributed by atoms with Crippen LogP contribution in [0.15, 0.2) is 76.1 Å². The maximum absolute atomic E-state index is 12.9. The molecule has 0 spiro atoms. The topological polar surface area (TPSA) is 72.6 Å². The number of hydrogen-bond acceptors (Lipinski definition) is 5. The molecule has 1 saturated heterocycles. The van der Waals surface area contributed by atoms with E-state index in [2.05, 4.69) is 4.98 Å². The number of rotatable bonds is 3. The van der Waals surface area contributed by atoms with Crippen molar-refractivity contribution in [2.75, 3.05) is 13.1 Å². The van der Waals surface area contributed by atoms with E-state index >= 15 is 0 Å². The Morgan fingerprint density at radius 3 is 2.83 bits per heavy atom. The van der Waals surface area contributed by atoms with Gasteiger partial charge in [-0.2, -0.15) is 0 Å². The summed E-state index contributed by atoms with van der Waals surface area (Å²) < 4.78 is 11.4. The van der Waals surface area contributed by atoms with Crippen LogP contribution in [0.4, 0.5) is 0 Å². The van der Waals surface area contributed by atoms with Gasteiger partial charge < -0.3 is 14.1 Å². The van der Waals surface area contributed by atoms with E-state index in [4.69, 9.17) is 9.15 Å². The maximum Gasteiger partial charge on any atom is 0.349 e. The largest absolute Gasteiger partial charge is 0.486 e. The fraction of sp³-hybridized carbons (Fsp3) is 0.174. The molecule has 5 rings (SSSR count). The lowest BCUT2D eigenvalue weighted by Gasteiger charge is -2.17. The molecule has 6 nitrogen and oxygen atoms in total. The van der Waals surface area contributed by atoms with Gasteiger partial charge in [-0.05, 0) is 24.3 Å². The molecule has 1 fully saturated rings. The van der Waals surface area contributed by atoms with Crippen LogP contribution in [0.25, 0.3) is 21.9 Å². The second-order valence-corrected chi connectivity index (χ2v) is 7.10.